The molecule has 4 heteroatoms. The Kier molecular flexibility index (Phi) is 4.25. The molecular weight excluding hydrogens is 266 g/mol. The molecule has 20 heavy (non-hydrogen) atoms. The number of aromatic nitrogens is 2. The van der Waals surface area contributed by atoms with Gasteiger partial charge in [0, 0.05) is 18.9 Å². The molecule has 3 nitrogen and oxygen atoms in total. The molecule has 0 aliphatic heterocycles. The summed E-state index contributed by atoms with van der Waals surface area (Å²) in [6.07, 6.45) is 4.92. The molecule has 3 aromatic rings. The summed E-state index contributed by atoms with van der Waals surface area (Å²) in [6.45, 7) is 1.81. The van der Waals surface area contributed by atoms with E-state index in [1.807, 2.05) is 18.5 Å². The van der Waals surface area contributed by atoms with Crippen LogP contribution in [0.4, 0.5) is 0 Å². The molecule has 0 radical (unpaired) electrons. The van der Waals surface area contributed by atoms with Gasteiger partial charge in [0.2, 0.25) is 0 Å². The molecule has 3 rings (SSSR count). The molecule has 0 saturated heterocycles. The van der Waals surface area contributed by atoms with Gasteiger partial charge in [-0.05, 0) is 30.7 Å². The number of nitrogens with one attached hydrogen (secondary N) is 2. The topological polar surface area (TPSA) is 40.7 Å². The predicted molar refractivity (Wildman–Crippen MR) is 83.8 cm³/mol. The third-order valence-electron chi connectivity index (χ3n) is 3.13. The summed E-state index contributed by atoms with van der Waals surface area (Å²) in [4.78, 5) is 8.85. The maximum Gasteiger partial charge on any atom is 0.107 e. The van der Waals surface area contributed by atoms with Crippen LogP contribution in [-0.4, -0.2) is 16.5 Å². The molecule has 0 aliphatic rings. The van der Waals surface area contributed by atoms with E-state index in [0.717, 1.165) is 30.2 Å². The fourth-order valence-corrected chi connectivity index (χ4v) is 2.95. The standard InChI is InChI=1S/C16H17N3S/c1-2-5-13(6-3-1)8-10-17-12-16-19-11-15(20-16)14-7-4-9-18-14/h1-7,9,11,17-18H,8,10,12H2. The number of nitrogens with zero attached hydrogens (tertiary/aromatic N) is 1. The van der Waals surface area contributed by atoms with Gasteiger partial charge in [0.15, 0.2) is 0 Å². The fraction of sp³-hybridized carbons (Fsp3) is 0.188. The Bertz CT molecular complexity index is 629. The van der Waals surface area contributed by atoms with Crippen molar-refractivity contribution >= 4 is 11.3 Å². The van der Waals surface area contributed by atoms with Crippen LogP contribution in [0.25, 0.3) is 10.6 Å². The summed E-state index contributed by atoms with van der Waals surface area (Å²) in [6, 6.07) is 14.6. The summed E-state index contributed by atoms with van der Waals surface area (Å²) >= 11 is 1.73. The van der Waals surface area contributed by atoms with Gasteiger partial charge >= 0.3 is 0 Å². The van der Waals surface area contributed by atoms with Crippen LogP contribution in [0.1, 0.15) is 10.6 Å². The highest BCUT2D eigenvalue weighted by molar-refractivity contribution is 7.15. The maximum absolute atomic E-state index is 4.45. The normalized spacial score (nSPS) is 10.8. The van der Waals surface area contributed by atoms with Gasteiger partial charge in [-0.3, -0.25) is 0 Å². The second-order valence-corrected chi connectivity index (χ2v) is 5.73. The summed E-state index contributed by atoms with van der Waals surface area (Å²) in [5.74, 6) is 0. The zero-order chi connectivity index (χ0) is 13.6. The first-order valence-corrected chi connectivity index (χ1v) is 7.56. The molecule has 2 aromatic heterocycles. The van der Waals surface area contributed by atoms with Gasteiger partial charge in [-0.25, -0.2) is 4.98 Å². The lowest BCUT2D eigenvalue weighted by molar-refractivity contribution is 0.684. The minimum atomic E-state index is 0.832. The molecule has 0 atom stereocenters. The fourth-order valence-electron chi connectivity index (χ4n) is 2.07. The lowest BCUT2D eigenvalue weighted by Crippen LogP contribution is -2.16. The van der Waals surface area contributed by atoms with E-state index in [-0.39, 0.29) is 0 Å². The van der Waals surface area contributed by atoms with Crippen molar-refractivity contribution in [3.05, 3.63) is 65.4 Å². The predicted octanol–water partition coefficient (Wildman–Crippen LogP) is 3.47. The second-order valence-electron chi connectivity index (χ2n) is 4.61. The Morgan fingerprint density at radius 2 is 2.00 bits per heavy atom. The van der Waals surface area contributed by atoms with E-state index >= 15 is 0 Å². The highest BCUT2D eigenvalue weighted by Gasteiger charge is 2.04. The third kappa shape index (κ3) is 3.35. The first kappa shape index (κ1) is 13.1. The van der Waals surface area contributed by atoms with Crippen molar-refractivity contribution in [2.24, 2.45) is 0 Å². The van der Waals surface area contributed by atoms with E-state index in [0.29, 0.717) is 0 Å². The second kappa shape index (κ2) is 6.50. The summed E-state index contributed by atoms with van der Waals surface area (Å²) < 4.78 is 0. The number of H-pyrrole nitrogens is 1. The van der Waals surface area contributed by atoms with Crippen LogP contribution in [0, 0.1) is 0 Å². The van der Waals surface area contributed by atoms with Crippen LogP contribution < -0.4 is 5.32 Å². The molecule has 0 unspecified atom stereocenters. The van der Waals surface area contributed by atoms with Gasteiger partial charge in [0.1, 0.15) is 5.01 Å². The van der Waals surface area contributed by atoms with Crippen LogP contribution in [0.2, 0.25) is 0 Å². The maximum atomic E-state index is 4.45. The lowest BCUT2D eigenvalue weighted by atomic mass is 10.1. The van der Waals surface area contributed by atoms with Crippen molar-refractivity contribution in [3.8, 4) is 10.6 Å². The Hall–Kier alpha value is -1.91. The van der Waals surface area contributed by atoms with Crippen molar-refractivity contribution in [1.82, 2.24) is 15.3 Å². The molecule has 0 bridgehead atoms. The van der Waals surface area contributed by atoms with E-state index in [1.54, 1.807) is 11.3 Å². The number of thiazole rings is 1. The van der Waals surface area contributed by atoms with Crippen LogP contribution >= 0.6 is 11.3 Å². The van der Waals surface area contributed by atoms with E-state index in [4.69, 9.17) is 0 Å². The number of benzene rings is 1. The van der Waals surface area contributed by atoms with Gasteiger partial charge in [0.25, 0.3) is 0 Å². The largest absolute Gasteiger partial charge is 0.360 e. The average Bonchev–Trinajstić information content (AvgIpc) is 3.15. The molecule has 102 valence electrons. The molecule has 0 saturated carbocycles. The van der Waals surface area contributed by atoms with Gasteiger partial charge in [0.05, 0.1) is 10.6 Å². The van der Waals surface area contributed by atoms with Crippen molar-refractivity contribution in [2.45, 2.75) is 13.0 Å². The summed E-state index contributed by atoms with van der Waals surface area (Å²) in [5.41, 5.74) is 2.50. The van der Waals surface area contributed by atoms with Crippen molar-refractivity contribution in [1.29, 1.82) is 0 Å². The molecule has 1 aromatic carbocycles. The summed E-state index contributed by atoms with van der Waals surface area (Å²) in [5, 5.41) is 4.57. The molecule has 0 fully saturated rings. The Balaban J connectivity index is 1.47. The Morgan fingerprint density at radius 3 is 2.80 bits per heavy atom. The highest BCUT2D eigenvalue weighted by atomic mass is 32.1. The van der Waals surface area contributed by atoms with Gasteiger partial charge < -0.3 is 10.3 Å². The Labute approximate surface area is 122 Å². The molecule has 0 aliphatic carbocycles. The summed E-state index contributed by atoms with van der Waals surface area (Å²) in [7, 11) is 0. The van der Waals surface area contributed by atoms with Crippen molar-refractivity contribution < 1.29 is 0 Å². The first-order chi connectivity index (χ1) is 9.92. The monoisotopic (exact) mass is 283 g/mol. The van der Waals surface area contributed by atoms with Crippen molar-refractivity contribution in [2.75, 3.05) is 6.54 Å². The van der Waals surface area contributed by atoms with Crippen LogP contribution in [0.5, 0.6) is 0 Å². The van der Waals surface area contributed by atoms with Crippen molar-refractivity contribution in [3.63, 3.8) is 0 Å². The van der Waals surface area contributed by atoms with Crippen LogP contribution in [-0.2, 0) is 13.0 Å². The third-order valence-corrected chi connectivity index (χ3v) is 4.16. The smallest absolute Gasteiger partial charge is 0.107 e. The molecule has 0 amide bonds. The molecule has 2 N–H and O–H groups in total. The van der Waals surface area contributed by atoms with Gasteiger partial charge in [-0.1, -0.05) is 30.3 Å². The zero-order valence-electron chi connectivity index (χ0n) is 11.2. The van der Waals surface area contributed by atoms with E-state index < -0.39 is 0 Å². The number of hydrogen-bond donors (Lipinski definition) is 2. The number of rotatable bonds is 6. The van der Waals surface area contributed by atoms with E-state index in [1.165, 1.54) is 10.4 Å². The number of hydrogen-bond acceptors (Lipinski definition) is 3. The van der Waals surface area contributed by atoms with E-state index in [9.17, 15) is 0 Å². The SMILES string of the molecule is c1ccc(CCNCc2ncc(-c3ccc[nH]3)s2)cc1. The van der Waals surface area contributed by atoms with Gasteiger partial charge in [-0.2, -0.15) is 0 Å². The minimum absolute atomic E-state index is 0.832. The average molecular weight is 283 g/mol. The highest BCUT2D eigenvalue weighted by Crippen LogP contribution is 2.24. The first-order valence-electron chi connectivity index (χ1n) is 6.75. The Morgan fingerprint density at radius 1 is 1.10 bits per heavy atom. The molecular formula is C16H17N3S. The quantitative estimate of drug-likeness (QED) is 0.680. The van der Waals surface area contributed by atoms with Crippen LogP contribution in [0.15, 0.2) is 54.9 Å². The molecule has 2 heterocycles. The van der Waals surface area contributed by atoms with E-state index in [2.05, 4.69) is 51.7 Å². The van der Waals surface area contributed by atoms with Crippen LogP contribution in [0.3, 0.4) is 0 Å². The lowest BCUT2D eigenvalue weighted by Gasteiger charge is -2.02. The zero-order valence-corrected chi connectivity index (χ0v) is 12.0. The molecule has 0 spiro atoms. The van der Waals surface area contributed by atoms with Gasteiger partial charge in [-0.15, -0.1) is 11.3 Å². The number of aromatic amines is 1. The minimum Gasteiger partial charge on any atom is -0.360 e.